The minimum absolute atomic E-state index is 0.0694. The van der Waals surface area contributed by atoms with Gasteiger partial charge in [-0.2, -0.15) is 5.10 Å². The van der Waals surface area contributed by atoms with Crippen molar-refractivity contribution in [2.24, 2.45) is 0 Å². The van der Waals surface area contributed by atoms with Crippen LogP contribution in [-0.2, 0) is 0 Å². The quantitative estimate of drug-likeness (QED) is 0.414. The summed E-state index contributed by atoms with van der Waals surface area (Å²) in [6.45, 7) is 0. The maximum Gasteiger partial charge on any atom is 0.274 e. The van der Waals surface area contributed by atoms with Gasteiger partial charge in [-0.25, -0.2) is 9.07 Å². The maximum absolute atomic E-state index is 14.1. The highest BCUT2D eigenvalue weighted by molar-refractivity contribution is 6.30. The van der Waals surface area contributed by atoms with Crippen LogP contribution in [0.15, 0.2) is 72.8 Å². The number of para-hydroxylation sites is 1. The smallest absolute Gasteiger partial charge is 0.274 e. The Balaban J connectivity index is 1.83. The van der Waals surface area contributed by atoms with Crippen molar-refractivity contribution in [1.82, 2.24) is 9.78 Å². The predicted octanol–water partition coefficient (Wildman–Crippen LogP) is 5.60. The summed E-state index contributed by atoms with van der Waals surface area (Å²) >= 11 is 6.16. The average Bonchev–Trinajstić information content (AvgIpc) is 3.25. The lowest BCUT2D eigenvalue weighted by Crippen LogP contribution is -2.17. The van der Waals surface area contributed by atoms with E-state index in [-0.39, 0.29) is 11.4 Å². The SMILES string of the molecule is COc1ccc(-c2cc(C(=O)Nc3ccccc3F)n(-c3cccc(Cl)c3)n2)c(OC)c1. The molecule has 0 spiro atoms. The summed E-state index contributed by atoms with van der Waals surface area (Å²) in [4.78, 5) is 13.1. The third-order valence-electron chi connectivity index (χ3n) is 4.80. The molecule has 0 aliphatic rings. The van der Waals surface area contributed by atoms with E-state index in [9.17, 15) is 9.18 Å². The predicted molar refractivity (Wildman–Crippen MR) is 121 cm³/mol. The highest BCUT2D eigenvalue weighted by atomic mass is 35.5. The molecule has 0 saturated heterocycles. The van der Waals surface area contributed by atoms with Crippen LogP contribution in [-0.4, -0.2) is 29.9 Å². The van der Waals surface area contributed by atoms with Crippen molar-refractivity contribution in [3.05, 3.63) is 89.3 Å². The summed E-state index contributed by atoms with van der Waals surface area (Å²) in [7, 11) is 3.10. The van der Waals surface area contributed by atoms with E-state index in [4.69, 9.17) is 21.1 Å². The minimum atomic E-state index is -0.535. The second-order valence-electron chi connectivity index (χ2n) is 6.81. The Kier molecular flexibility index (Phi) is 6.09. The zero-order valence-electron chi connectivity index (χ0n) is 17.3. The zero-order valence-corrected chi connectivity index (χ0v) is 18.1. The van der Waals surface area contributed by atoms with Crippen LogP contribution in [0.3, 0.4) is 0 Å². The van der Waals surface area contributed by atoms with Crippen molar-refractivity contribution < 1.29 is 18.7 Å². The Morgan fingerprint density at radius 3 is 2.53 bits per heavy atom. The highest BCUT2D eigenvalue weighted by Crippen LogP contribution is 2.34. The Morgan fingerprint density at radius 2 is 1.81 bits per heavy atom. The van der Waals surface area contributed by atoms with Gasteiger partial charge in [-0.05, 0) is 48.5 Å². The van der Waals surface area contributed by atoms with Gasteiger partial charge in [0.2, 0.25) is 0 Å². The molecule has 0 aliphatic heterocycles. The molecule has 0 aliphatic carbocycles. The number of carbonyl (C=O) groups is 1. The topological polar surface area (TPSA) is 65.4 Å². The molecule has 32 heavy (non-hydrogen) atoms. The van der Waals surface area contributed by atoms with E-state index >= 15 is 0 Å². The molecule has 3 aromatic carbocycles. The molecule has 0 saturated carbocycles. The van der Waals surface area contributed by atoms with Crippen LogP contribution in [0.25, 0.3) is 16.9 Å². The second kappa shape index (κ2) is 9.11. The van der Waals surface area contributed by atoms with Gasteiger partial charge in [0.15, 0.2) is 0 Å². The standard InChI is InChI=1S/C24H19ClFN3O3/c1-31-17-10-11-18(23(13-17)32-2)21-14-22(24(30)27-20-9-4-3-8-19(20)26)29(28-21)16-7-5-6-15(25)12-16/h3-14H,1-2H3,(H,27,30). The van der Waals surface area contributed by atoms with Crippen LogP contribution in [0.5, 0.6) is 11.5 Å². The summed E-state index contributed by atoms with van der Waals surface area (Å²) < 4.78 is 26.3. The first-order valence-corrected chi connectivity index (χ1v) is 10.0. The lowest BCUT2D eigenvalue weighted by atomic mass is 10.1. The number of aromatic nitrogens is 2. The molecule has 162 valence electrons. The van der Waals surface area contributed by atoms with Crippen LogP contribution in [0, 0.1) is 5.82 Å². The average molecular weight is 452 g/mol. The van der Waals surface area contributed by atoms with Gasteiger partial charge >= 0.3 is 0 Å². The normalized spacial score (nSPS) is 10.6. The molecule has 8 heteroatoms. The van der Waals surface area contributed by atoms with E-state index in [1.165, 1.54) is 23.9 Å². The van der Waals surface area contributed by atoms with Crippen molar-refractivity contribution in [1.29, 1.82) is 0 Å². The van der Waals surface area contributed by atoms with Crippen molar-refractivity contribution >= 4 is 23.2 Å². The third kappa shape index (κ3) is 4.29. The van der Waals surface area contributed by atoms with Gasteiger partial charge in [0.25, 0.3) is 5.91 Å². The molecule has 0 fully saturated rings. The molecule has 0 unspecified atom stereocenters. The summed E-state index contributed by atoms with van der Waals surface area (Å²) in [5, 5.41) is 7.72. The van der Waals surface area contributed by atoms with E-state index in [1.54, 1.807) is 67.8 Å². The Labute approximate surface area is 189 Å². The zero-order chi connectivity index (χ0) is 22.7. The first kappa shape index (κ1) is 21.4. The van der Waals surface area contributed by atoms with Gasteiger partial charge in [0.05, 0.1) is 31.3 Å². The lowest BCUT2D eigenvalue weighted by molar-refractivity contribution is 0.101. The summed E-state index contributed by atoms with van der Waals surface area (Å²) in [6, 6.07) is 19.8. The van der Waals surface area contributed by atoms with Crippen molar-refractivity contribution in [2.75, 3.05) is 19.5 Å². The molecule has 6 nitrogen and oxygen atoms in total. The largest absolute Gasteiger partial charge is 0.497 e. The van der Waals surface area contributed by atoms with Crippen LogP contribution >= 0.6 is 11.6 Å². The Bertz CT molecular complexity index is 1290. The second-order valence-corrected chi connectivity index (χ2v) is 7.24. The molecule has 1 amide bonds. The van der Waals surface area contributed by atoms with E-state index in [2.05, 4.69) is 10.4 Å². The molecule has 1 heterocycles. The Morgan fingerprint density at radius 1 is 1.00 bits per heavy atom. The van der Waals surface area contributed by atoms with E-state index < -0.39 is 11.7 Å². The lowest BCUT2D eigenvalue weighted by Gasteiger charge is -2.09. The molecule has 0 atom stereocenters. The first-order valence-electron chi connectivity index (χ1n) is 9.64. The van der Waals surface area contributed by atoms with Gasteiger partial charge in [-0.15, -0.1) is 0 Å². The third-order valence-corrected chi connectivity index (χ3v) is 5.04. The van der Waals surface area contributed by atoms with Gasteiger partial charge in [-0.3, -0.25) is 4.79 Å². The number of anilines is 1. The number of carbonyl (C=O) groups excluding carboxylic acids is 1. The maximum atomic E-state index is 14.1. The summed E-state index contributed by atoms with van der Waals surface area (Å²) in [5.41, 5.74) is 2.00. The van der Waals surface area contributed by atoms with Gasteiger partial charge in [0.1, 0.15) is 23.0 Å². The summed E-state index contributed by atoms with van der Waals surface area (Å²) in [6.07, 6.45) is 0. The molecule has 1 N–H and O–H groups in total. The first-order chi connectivity index (χ1) is 15.5. The molecule has 1 aromatic heterocycles. The summed E-state index contributed by atoms with van der Waals surface area (Å²) in [5.74, 6) is 0.0894. The number of nitrogens with zero attached hydrogens (tertiary/aromatic N) is 2. The highest BCUT2D eigenvalue weighted by Gasteiger charge is 2.21. The van der Waals surface area contributed by atoms with Crippen molar-refractivity contribution in [2.45, 2.75) is 0 Å². The van der Waals surface area contributed by atoms with Crippen LogP contribution in [0.1, 0.15) is 10.5 Å². The fourth-order valence-electron chi connectivity index (χ4n) is 3.24. The van der Waals surface area contributed by atoms with Gasteiger partial charge in [0, 0.05) is 16.7 Å². The number of rotatable bonds is 6. The van der Waals surface area contributed by atoms with Crippen LogP contribution in [0.2, 0.25) is 5.02 Å². The number of hydrogen-bond acceptors (Lipinski definition) is 4. The number of halogens is 2. The molecular weight excluding hydrogens is 433 g/mol. The molecule has 4 rings (SSSR count). The number of benzene rings is 3. The van der Waals surface area contributed by atoms with Crippen LogP contribution in [0.4, 0.5) is 10.1 Å². The van der Waals surface area contributed by atoms with E-state index in [0.29, 0.717) is 33.5 Å². The minimum Gasteiger partial charge on any atom is -0.497 e. The van der Waals surface area contributed by atoms with E-state index in [0.717, 1.165) is 0 Å². The molecular formula is C24H19ClFN3O3. The fourth-order valence-corrected chi connectivity index (χ4v) is 3.42. The number of amides is 1. The number of nitrogens with one attached hydrogen (secondary N) is 1. The molecule has 4 aromatic rings. The number of methoxy groups -OCH3 is 2. The van der Waals surface area contributed by atoms with E-state index in [1.807, 2.05) is 0 Å². The fraction of sp³-hybridized carbons (Fsp3) is 0.0833. The Hall–Kier alpha value is -3.84. The van der Waals surface area contributed by atoms with Crippen molar-refractivity contribution in [3.8, 4) is 28.4 Å². The van der Waals surface area contributed by atoms with Gasteiger partial charge in [-0.1, -0.05) is 29.8 Å². The number of ether oxygens (including phenoxy) is 2. The van der Waals surface area contributed by atoms with Gasteiger partial charge < -0.3 is 14.8 Å². The molecule has 0 radical (unpaired) electrons. The monoisotopic (exact) mass is 451 g/mol. The number of hydrogen-bond donors (Lipinski definition) is 1. The van der Waals surface area contributed by atoms with Crippen molar-refractivity contribution in [3.63, 3.8) is 0 Å². The van der Waals surface area contributed by atoms with Crippen LogP contribution < -0.4 is 14.8 Å². The molecule has 0 bridgehead atoms.